The van der Waals surface area contributed by atoms with Crippen LogP contribution in [-0.2, 0) is 4.74 Å². The molecule has 122 valence electrons. The highest BCUT2D eigenvalue weighted by Gasteiger charge is 2.21. The van der Waals surface area contributed by atoms with E-state index in [9.17, 15) is 4.79 Å². The second-order valence-corrected chi connectivity index (χ2v) is 5.57. The Labute approximate surface area is 131 Å². The third kappa shape index (κ3) is 4.71. The van der Waals surface area contributed by atoms with E-state index in [1.807, 2.05) is 6.07 Å². The van der Waals surface area contributed by atoms with Crippen molar-refractivity contribution in [3.8, 4) is 5.75 Å². The molecule has 1 fully saturated rings. The van der Waals surface area contributed by atoms with E-state index < -0.39 is 0 Å². The maximum Gasteiger partial charge on any atom is 0.337 e. The quantitative estimate of drug-likeness (QED) is 0.782. The van der Waals surface area contributed by atoms with Gasteiger partial charge in [0.1, 0.15) is 12.4 Å². The molecule has 0 amide bonds. The first-order valence-corrected chi connectivity index (χ1v) is 7.90. The van der Waals surface area contributed by atoms with Crippen LogP contribution in [0.15, 0.2) is 24.3 Å². The molecule has 1 aromatic carbocycles. The molecule has 5 heteroatoms. The molecule has 0 spiro atoms. The smallest absolute Gasteiger partial charge is 0.337 e. The Balaban J connectivity index is 1.83. The molecule has 5 nitrogen and oxygen atoms in total. The Morgan fingerprint density at radius 3 is 3.05 bits per heavy atom. The van der Waals surface area contributed by atoms with E-state index >= 15 is 0 Å². The lowest BCUT2D eigenvalue weighted by molar-refractivity contribution is 0.0600. The number of benzene rings is 1. The Kier molecular flexibility index (Phi) is 6.68. The first-order valence-electron chi connectivity index (χ1n) is 7.90. The van der Waals surface area contributed by atoms with Gasteiger partial charge in [-0.05, 0) is 44.0 Å². The molecular formula is C17H25NO4. The maximum absolute atomic E-state index is 11.5. The number of hydrogen-bond acceptors (Lipinski definition) is 5. The summed E-state index contributed by atoms with van der Waals surface area (Å²) in [7, 11) is 1.37. The second-order valence-electron chi connectivity index (χ2n) is 5.57. The fraction of sp³-hybridized carbons (Fsp3) is 0.588. The molecule has 1 aliphatic heterocycles. The average Bonchev–Trinajstić information content (AvgIpc) is 2.56. The van der Waals surface area contributed by atoms with Crippen LogP contribution in [0.1, 0.15) is 36.0 Å². The van der Waals surface area contributed by atoms with Crippen molar-refractivity contribution in [2.75, 3.05) is 33.4 Å². The van der Waals surface area contributed by atoms with Crippen LogP contribution >= 0.6 is 0 Å². The third-order valence-corrected chi connectivity index (χ3v) is 4.11. The lowest BCUT2D eigenvalue weighted by atomic mass is 10.00. The topological polar surface area (TPSA) is 59.0 Å². The van der Waals surface area contributed by atoms with Crippen molar-refractivity contribution in [2.45, 2.75) is 31.7 Å². The highest BCUT2D eigenvalue weighted by Crippen LogP contribution is 2.19. The number of methoxy groups -OCH3 is 1. The fourth-order valence-electron chi connectivity index (χ4n) is 2.94. The second kappa shape index (κ2) is 8.76. The first kappa shape index (κ1) is 16.8. The van der Waals surface area contributed by atoms with Gasteiger partial charge in [-0.25, -0.2) is 4.79 Å². The van der Waals surface area contributed by atoms with Gasteiger partial charge < -0.3 is 14.6 Å². The van der Waals surface area contributed by atoms with Gasteiger partial charge in [0.25, 0.3) is 0 Å². The van der Waals surface area contributed by atoms with Gasteiger partial charge in [-0.15, -0.1) is 0 Å². The molecule has 0 aromatic heterocycles. The Morgan fingerprint density at radius 2 is 2.27 bits per heavy atom. The number of piperidine rings is 1. The Hall–Kier alpha value is -1.59. The lowest BCUT2D eigenvalue weighted by Crippen LogP contribution is -2.42. The summed E-state index contributed by atoms with van der Waals surface area (Å²) in [6.07, 6.45) is 4.43. The van der Waals surface area contributed by atoms with Crippen molar-refractivity contribution < 1.29 is 19.4 Å². The number of likely N-dealkylation sites (tertiary alicyclic amines) is 1. The van der Waals surface area contributed by atoms with Crippen LogP contribution in [0.25, 0.3) is 0 Å². The van der Waals surface area contributed by atoms with Gasteiger partial charge in [-0.3, -0.25) is 4.90 Å². The van der Waals surface area contributed by atoms with E-state index in [1.165, 1.54) is 20.0 Å². The van der Waals surface area contributed by atoms with Gasteiger partial charge in [0.2, 0.25) is 0 Å². The fourth-order valence-corrected chi connectivity index (χ4v) is 2.94. The average molecular weight is 307 g/mol. The zero-order valence-corrected chi connectivity index (χ0v) is 13.2. The lowest BCUT2D eigenvalue weighted by Gasteiger charge is -2.35. The summed E-state index contributed by atoms with van der Waals surface area (Å²) in [6, 6.07) is 7.50. The molecule has 0 radical (unpaired) electrons. The van der Waals surface area contributed by atoms with Crippen LogP contribution in [0.3, 0.4) is 0 Å². The molecule has 1 aromatic rings. The predicted octanol–water partition coefficient (Wildman–Crippen LogP) is 2.09. The number of esters is 1. The van der Waals surface area contributed by atoms with E-state index in [0.29, 0.717) is 24.0 Å². The number of rotatable bonds is 7. The van der Waals surface area contributed by atoms with Crippen LogP contribution in [0.2, 0.25) is 0 Å². The zero-order chi connectivity index (χ0) is 15.8. The standard InChI is InChI=1S/C17H25NO4/c1-21-17(20)14-5-4-7-16(13-14)22-12-10-18-9-3-2-6-15(18)8-11-19/h4-5,7,13,15,19H,2-3,6,8-12H2,1H3. The molecule has 1 unspecified atom stereocenters. The van der Waals surface area contributed by atoms with Crippen molar-refractivity contribution in [1.82, 2.24) is 4.90 Å². The molecule has 1 saturated heterocycles. The van der Waals surface area contributed by atoms with Gasteiger partial charge in [-0.2, -0.15) is 0 Å². The van der Waals surface area contributed by atoms with Crippen molar-refractivity contribution in [1.29, 1.82) is 0 Å². The van der Waals surface area contributed by atoms with Gasteiger partial charge in [0.05, 0.1) is 12.7 Å². The first-order chi connectivity index (χ1) is 10.7. The minimum atomic E-state index is -0.357. The largest absolute Gasteiger partial charge is 0.492 e. The minimum absolute atomic E-state index is 0.239. The SMILES string of the molecule is COC(=O)c1cccc(OCCN2CCCCC2CCO)c1. The summed E-state index contributed by atoms with van der Waals surface area (Å²) in [5, 5.41) is 9.14. The molecule has 1 aliphatic rings. The normalized spacial score (nSPS) is 18.9. The van der Waals surface area contributed by atoms with Crippen molar-refractivity contribution in [3.63, 3.8) is 0 Å². The van der Waals surface area contributed by atoms with Gasteiger partial charge in [-0.1, -0.05) is 12.5 Å². The summed E-state index contributed by atoms with van der Waals surface area (Å²) in [5.74, 6) is 0.322. The number of carbonyl (C=O) groups excluding carboxylic acids is 1. The van der Waals surface area contributed by atoms with Crippen LogP contribution in [0.4, 0.5) is 0 Å². The summed E-state index contributed by atoms with van der Waals surface area (Å²) in [6.45, 7) is 2.72. The van der Waals surface area contributed by atoms with Gasteiger partial charge >= 0.3 is 5.97 Å². The molecule has 0 saturated carbocycles. The highest BCUT2D eigenvalue weighted by molar-refractivity contribution is 5.89. The van der Waals surface area contributed by atoms with Gasteiger partial charge in [0.15, 0.2) is 0 Å². The number of aliphatic hydroxyl groups is 1. The zero-order valence-electron chi connectivity index (χ0n) is 13.2. The molecular weight excluding hydrogens is 282 g/mol. The summed E-state index contributed by atoms with van der Waals surface area (Å²) in [4.78, 5) is 13.9. The van der Waals surface area contributed by atoms with Crippen molar-refractivity contribution in [3.05, 3.63) is 29.8 Å². The number of aliphatic hydroxyl groups excluding tert-OH is 1. The van der Waals surface area contributed by atoms with Crippen LogP contribution in [0, 0.1) is 0 Å². The summed E-state index contributed by atoms with van der Waals surface area (Å²) >= 11 is 0. The summed E-state index contributed by atoms with van der Waals surface area (Å²) < 4.78 is 10.5. The Bertz CT molecular complexity index is 475. The number of ether oxygens (including phenoxy) is 2. The van der Waals surface area contributed by atoms with E-state index in [4.69, 9.17) is 14.6 Å². The number of nitrogens with zero attached hydrogens (tertiary/aromatic N) is 1. The molecule has 22 heavy (non-hydrogen) atoms. The van der Waals surface area contributed by atoms with E-state index in [-0.39, 0.29) is 12.6 Å². The molecule has 0 aliphatic carbocycles. The monoisotopic (exact) mass is 307 g/mol. The predicted molar refractivity (Wildman–Crippen MR) is 84.2 cm³/mol. The molecule has 1 N–H and O–H groups in total. The van der Waals surface area contributed by atoms with Gasteiger partial charge in [0, 0.05) is 19.2 Å². The van der Waals surface area contributed by atoms with Crippen LogP contribution < -0.4 is 4.74 Å². The third-order valence-electron chi connectivity index (χ3n) is 4.11. The highest BCUT2D eigenvalue weighted by atomic mass is 16.5. The van der Waals surface area contributed by atoms with Crippen molar-refractivity contribution >= 4 is 5.97 Å². The van der Waals surface area contributed by atoms with Crippen LogP contribution in [0.5, 0.6) is 5.75 Å². The Morgan fingerprint density at radius 1 is 1.41 bits per heavy atom. The molecule has 1 heterocycles. The maximum atomic E-state index is 11.5. The molecule has 0 bridgehead atoms. The van der Waals surface area contributed by atoms with Crippen LogP contribution in [-0.4, -0.2) is 55.4 Å². The minimum Gasteiger partial charge on any atom is -0.492 e. The van der Waals surface area contributed by atoms with E-state index in [1.54, 1.807) is 18.2 Å². The van der Waals surface area contributed by atoms with E-state index in [2.05, 4.69) is 4.90 Å². The molecule has 1 atom stereocenters. The van der Waals surface area contributed by atoms with Crippen molar-refractivity contribution in [2.24, 2.45) is 0 Å². The number of hydrogen-bond donors (Lipinski definition) is 1. The molecule has 2 rings (SSSR count). The number of carbonyl (C=O) groups is 1. The van der Waals surface area contributed by atoms with E-state index in [0.717, 1.165) is 25.9 Å². The summed E-state index contributed by atoms with van der Waals surface area (Å²) in [5.41, 5.74) is 0.496.